The molecule has 4 rings (SSSR count). The summed E-state index contributed by atoms with van der Waals surface area (Å²) in [5.74, 6) is -0.316. The molecule has 1 N–H and O–H groups in total. The number of fused-ring (bicyclic) bond motifs is 1. The Hall–Kier alpha value is -1.96. The van der Waals surface area contributed by atoms with E-state index in [-0.39, 0.29) is 24.4 Å². The summed E-state index contributed by atoms with van der Waals surface area (Å²) in [6, 6.07) is 13.0. The SMILES string of the molecule is O=C1CN(C(=O)c2cccs2)C(c2cccs2)c2cc(Br)ccc2N1. The maximum absolute atomic E-state index is 13.1. The Morgan fingerprint density at radius 2 is 1.96 bits per heavy atom. The number of benzene rings is 1. The van der Waals surface area contributed by atoms with E-state index in [1.807, 2.05) is 47.2 Å². The third-order valence-electron chi connectivity index (χ3n) is 4.01. The van der Waals surface area contributed by atoms with E-state index in [0.717, 1.165) is 20.6 Å². The molecule has 1 unspecified atom stereocenters. The summed E-state index contributed by atoms with van der Waals surface area (Å²) in [6.45, 7) is 0.0194. The first-order valence-corrected chi connectivity index (χ1v) is 10.2. The number of hydrogen-bond donors (Lipinski definition) is 1. The zero-order valence-corrected chi connectivity index (χ0v) is 16.2. The Bertz CT molecular complexity index is 923. The molecule has 3 aromatic rings. The predicted octanol–water partition coefficient (Wildman–Crippen LogP) is 4.76. The highest BCUT2D eigenvalue weighted by atomic mass is 79.9. The van der Waals surface area contributed by atoms with E-state index in [1.54, 1.807) is 22.3 Å². The zero-order valence-electron chi connectivity index (χ0n) is 12.9. The second-order valence-electron chi connectivity index (χ2n) is 5.61. The van der Waals surface area contributed by atoms with Gasteiger partial charge in [-0.15, -0.1) is 22.7 Å². The number of halogens is 1. The van der Waals surface area contributed by atoms with Gasteiger partial charge in [-0.05, 0) is 41.1 Å². The average Bonchev–Trinajstić information content (AvgIpc) is 3.27. The van der Waals surface area contributed by atoms with Gasteiger partial charge in [0.1, 0.15) is 6.54 Å². The first kappa shape index (κ1) is 16.5. The molecule has 0 saturated carbocycles. The Labute approximate surface area is 161 Å². The lowest BCUT2D eigenvalue weighted by Crippen LogP contribution is -2.38. The van der Waals surface area contributed by atoms with Gasteiger partial charge in [0.25, 0.3) is 5.91 Å². The van der Waals surface area contributed by atoms with Crippen molar-refractivity contribution in [2.24, 2.45) is 0 Å². The van der Waals surface area contributed by atoms with E-state index in [1.165, 1.54) is 11.3 Å². The van der Waals surface area contributed by atoms with Gasteiger partial charge < -0.3 is 10.2 Å². The third kappa shape index (κ3) is 3.15. The van der Waals surface area contributed by atoms with Gasteiger partial charge >= 0.3 is 0 Å². The minimum Gasteiger partial charge on any atom is -0.324 e. The van der Waals surface area contributed by atoms with Crippen molar-refractivity contribution in [2.75, 3.05) is 11.9 Å². The highest BCUT2D eigenvalue weighted by Gasteiger charge is 2.34. The van der Waals surface area contributed by atoms with Crippen LogP contribution < -0.4 is 5.32 Å². The molecule has 126 valence electrons. The number of nitrogens with one attached hydrogen (secondary N) is 1. The van der Waals surface area contributed by atoms with Crippen LogP contribution in [-0.2, 0) is 4.79 Å². The molecule has 0 radical (unpaired) electrons. The molecule has 1 atom stereocenters. The summed E-state index contributed by atoms with van der Waals surface area (Å²) >= 11 is 6.48. The van der Waals surface area contributed by atoms with Crippen LogP contribution in [0.25, 0.3) is 0 Å². The van der Waals surface area contributed by atoms with Crippen LogP contribution in [0, 0.1) is 0 Å². The van der Waals surface area contributed by atoms with Gasteiger partial charge in [0.15, 0.2) is 0 Å². The van der Waals surface area contributed by atoms with Crippen molar-refractivity contribution in [3.8, 4) is 0 Å². The van der Waals surface area contributed by atoms with E-state index < -0.39 is 0 Å². The Morgan fingerprint density at radius 3 is 2.68 bits per heavy atom. The number of carbonyl (C=O) groups excluding carboxylic acids is 2. The van der Waals surface area contributed by atoms with Crippen LogP contribution in [0.4, 0.5) is 5.69 Å². The predicted molar refractivity (Wildman–Crippen MR) is 104 cm³/mol. The van der Waals surface area contributed by atoms with Crippen molar-refractivity contribution in [3.05, 3.63) is 73.0 Å². The normalized spacial score (nSPS) is 16.9. The molecule has 7 heteroatoms. The molecule has 0 spiro atoms. The molecule has 0 saturated heterocycles. The fourth-order valence-electron chi connectivity index (χ4n) is 2.96. The lowest BCUT2D eigenvalue weighted by Gasteiger charge is -2.29. The van der Waals surface area contributed by atoms with E-state index in [9.17, 15) is 9.59 Å². The highest BCUT2D eigenvalue weighted by Crippen LogP contribution is 2.39. The third-order valence-corrected chi connectivity index (χ3v) is 6.29. The fraction of sp³-hybridized carbons (Fsp3) is 0.111. The number of anilines is 1. The number of thiophene rings is 2. The Morgan fingerprint density at radius 1 is 1.16 bits per heavy atom. The number of nitrogens with zero attached hydrogens (tertiary/aromatic N) is 1. The van der Waals surface area contributed by atoms with Crippen LogP contribution in [0.3, 0.4) is 0 Å². The molecule has 0 fully saturated rings. The number of amides is 2. The number of carbonyl (C=O) groups is 2. The second-order valence-corrected chi connectivity index (χ2v) is 8.45. The van der Waals surface area contributed by atoms with E-state index in [4.69, 9.17) is 0 Å². The van der Waals surface area contributed by atoms with Crippen LogP contribution in [0.15, 0.2) is 57.7 Å². The summed E-state index contributed by atoms with van der Waals surface area (Å²) in [4.78, 5) is 28.8. The summed E-state index contributed by atoms with van der Waals surface area (Å²) in [6.07, 6.45) is 0. The van der Waals surface area contributed by atoms with Gasteiger partial charge in [-0.2, -0.15) is 0 Å². The molecule has 1 aliphatic rings. The topological polar surface area (TPSA) is 49.4 Å². The molecule has 0 bridgehead atoms. The maximum atomic E-state index is 13.1. The van der Waals surface area contributed by atoms with Crippen LogP contribution in [0.1, 0.15) is 26.2 Å². The number of hydrogen-bond acceptors (Lipinski definition) is 4. The lowest BCUT2D eigenvalue weighted by molar-refractivity contribution is -0.117. The molecule has 1 aliphatic heterocycles. The van der Waals surface area contributed by atoms with E-state index >= 15 is 0 Å². The second kappa shape index (κ2) is 6.74. The van der Waals surface area contributed by atoms with Gasteiger partial charge in [0, 0.05) is 20.6 Å². The van der Waals surface area contributed by atoms with Crippen molar-refractivity contribution < 1.29 is 9.59 Å². The Kier molecular flexibility index (Phi) is 4.45. The molecular weight excluding hydrogens is 420 g/mol. The molecule has 1 aromatic carbocycles. The van der Waals surface area contributed by atoms with Crippen molar-refractivity contribution in [1.82, 2.24) is 4.90 Å². The van der Waals surface area contributed by atoms with Crippen LogP contribution in [0.5, 0.6) is 0 Å². The Balaban J connectivity index is 1.89. The fourth-order valence-corrected chi connectivity index (χ4v) is 4.87. The van der Waals surface area contributed by atoms with E-state index in [0.29, 0.717) is 4.88 Å². The first-order chi connectivity index (χ1) is 12.1. The standard InChI is InChI=1S/C18H13BrN2O2S2/c19-11-5-6-13-12(9-11)17(14-3-1-7-24-14)21(10-16(22)20-13)18(23)15-4-2-8-25-15/h1-9,17H,10H2,(H,20,22). The zero-order chi connectivity index (χ0) is 17.4. The van der Waals surface area contributed by atoms with Gasteiger partial charge in [-0.3, -0.25) is 9.59 Å². The largest absolute Gasteiger partial charge is 0.324 e. The molecule has 2 amide bonds. The molecule has 3 heterocycles. The van der Waals surface area contributed by atoms with Crippen molar-refractivity contribution in [1.29, 1.82) is 0 Å². The smallest absolute Gasteiger partial charge is 0.265 e. The lowest BCUT2D eigenvalue weighted by atomic mass is 10.0. The maximum Gasteiger partial charge on any atom is 0.265 e. The van der Waals surface area contributed by atoms with Crippen LogP contribution >= 0.6 is 38.6 Å². The monoisotopic (exact) mass is 432 g/mol. The highest BCUT2D eigenvalue weighted by molar-refractivity contribution is 9.10. The molecule has 4 nitrogen and oxygen atoms in total. The van der Waals surface area contributed by atoms with Gasteiger partial charge in [-0.1, -0.05) is 28.1 Å². The molecular formula is C18H13BrN2O2S2. The van der Waals surface area contributed by atoms with Crippen molar-refractivity contribution in [3.63, 3.8) is 0 Å². The molecule has 25 heavy (non-hydrogen) atoms. The minimum absolute atomic E-state index is 0.0194. The summed E-state index contributed by atoms with van der Waals surface area (Å²) < 4.78 is 0.910. The summed E-state index contributed by atoms with van der Waals surface area (Å²) in [5, 5.41) is 6.78. The van der Waals surface area contributed by atoms with Crippen LogP contribution in [-0.4, -0.2) is 23.3 Å². The minimum atomic E-state index is -0.305. The van der Waals surface area contributed by atoms with Crippen LogP contribution in [0.2, 0.25) is 0 Å². The van der Waals surface area contributed by atoms with Crippen molar-refractivity contribution in [2.45, 2.75) is 6.04 Å². The van der Waals surface area contributed by atoms with Crippen molar-refractivity contribution >= 4 is 56.1 Å². The number of rotatable bonds is 2. The molecule has 2 aromatic heterocycles. The summed E-state index contributed by atoms with van der Waals surface area (Å²) in [5.41, 5.74) is 1.65. The van der Waals surface area contributed by atoms with E-state index in [2.05, 4.69) is 21.2 Å². The van der Waals surface area contributed by atoms with Gasteiger partial charge in [0.2, 0.25) is 5.91 Å². The first-order valence-electron chi connectivity index (χ1n) is 7.60. The quantitative estimate of drug-likeness (QED) is 0.634. The van der Waals surface area contributed by atoms with Gasteiger partial charge in [0.05, 0.1) is 10.9 Å². The average molecular weight is 433 g/mol. The van der Waals surface area contributed by atoms with Gasteiger partial charge in [-0.25, -0.2) is 0 Å². The summed E-state index contributed by atoms with van der Waals surface area (Å²) in [7, 11) is 0. The molecule has 0 aliphatic carbocycles.